The van der Waals surface area contributed by atoms with Crippen molar-refractivity contribution < 1.29 is 24.6 Å². The first-order valence-corrected chi connectivity index (χ1v) is 17.5. The molecular weight excluding hydrogens is 644 g/mol. The van der Waals surface area contributed by atoms with Crippen LogP contribution in [0.15, 0.2) is 43.5 Å². The van der Waals surface area contributed by atoms with Crippen LogP contribution in [0.3, 0.4) is 0 Å². The molecule has 2 aliphatic heterocycles. The van der Waals surface area contributed by atoms with Gasteiger partial charge in [-0.3, -0.25) is 19.4 Å². The minimum atomic E-state index is -1.03. The van der Waals surface area contributed by atoms with Crippen molar-refractivity contribution in [1.82, 2.24) is 25.3 Å². The molecule has 8 bridgehead atoms. The number of nitrogens with two attached hydrogens (primary N) is 1. The Kier molecular flexibility index (Phi) is 11.4. The van der Waals surface area contributed by atoms with E-state index < -0.39 is 18.0 Å². The Morgan fingerprint density at radius 3 is 2.31 bits per heavy atom. The summed E-state index contributed by atoms with van der Waals surface area (Å²) in [6.45, 7) is 16.8. The second kappa shape index (κ2) is 15.7. The number of unbranched alkanes of at least 4 members (excludes halogenated alkanes) is 1. The number of nitrogens with zero attached hydrogens (tertiary/aromatic N) is 2. The maximum Gasteiger partial charge on any atom is 0.320 e. The fourth-order valence-electron chi connectivity index (χ4n) is 7.07. The van der Waals surface area contributed by atoms with E-state index >= 15 is 0 Å². The first-order valence-electron chi connectivity index (χ1n) is 17.5. The molecular formula is C40H48N6O5. The molecule has 1 amide bonds. The van der Waals surface area contributed by atoms with E-state index in [1.165, 1.54) is 0 Å². The Bertz CT molecular complexity index is 2090. The number of H-pyrrole nitrogens is 2. The summed E-state index contributed by atoms with van der Waals surface area (Å²) in [6, 6.07) is 7.21. The number of aromatic amines is 2. The summed E-state index contributed by atoms with van der Waals surface area (Å²) < 4.78 is 0. The summed E-state index contributed by atoms with van der Waals surface area (Å²) in [4.78, 5) is 52.9. The van der Waals surface area contributed by atoms with Crippen molar-refractivity contribution in [3.63, 3.8) is 0 Å². The molecule has 11 nitrogen and oxygen atoms in total. The lowest BCUT2D eigenvalue weighted by atomic mass is 9.87. The molecule has 0 saturated heterocycles. The fourth-order valence-corrected chi connectivity index (χ4v) is 7.07. The number of amides is 1. The molecule has 7 N–H and O–H groups in total. The highest BCUT2D eigenvalue weighted by Gasteiger charge is 2.30. The molecule has 5 heterocycles. The number of nitrogens with one attached hydrogen (secondary N) is 3. The highest BCUT2D eigenvalue weighted by Crippen LogP contribution is 2.41. The first-order chi connectivity index (χ1) is 24.3. The van der Waals surface area contributed by atoms with Gasteiger partial charge in [-0.1, -0.05) is 32.2 Å². The summed E-state index contributed by atoms with van der Waals surface area (Å²) in [5.74, 6) is -2.17. The summed E-state index contributed by atoms with van der Waals surface area (Å²) in [5, 5.41) is 21.5. The van der Waals surface area contributed by atoms with Crippen LogP contribution in [0.2, 0.25) is 0 Å². The summed E-state index contributed by atoms with van der Waals surface area (Å²) >= 11 is 0. The average molecular weight is 693 g/mol. The van der Waals surface area contributed by atoms with Crippen molar-refractivity contribution in [1.29, 1.82) is 0 Å². The number of rotatable bonds is 14. The molecule has 3 atom stereocenters. The van der Waals surface area contributed by atoms with Crippen LogP contribution in [-0.2, 0) is 20.8 Å². The van der Waals surface area contributed by atoms with Crippen LogP contribution in [0.5, 0.6) is 0 Å². The number of hydrogen-bond acceptors (Lipinski definition) is 6. The summed E-state index contributed by atoms with van der Waals surface area (Å²) in [6.07, 6.45) is 6.40. The third kappa shape index (κ3) is 8.04. The molecule has 5 rings (SSSR count). The Morgan fingerprint density at radius 2 is 1.63 bits per heavy atom. The zero-order chi connectivity index (χ0) is 37.0. The molecule has 0 radical (unpaired) electrons. The number of aryl methyl sites for hydroxylation is 3. The SMILES string of the molecule is C=CC1=C(C)c2cc3nc(cc4[nH]c(cc5[nH]c(cc1n2)c(C)c5C=C)c(C)c4CCC(=O)NCCCC[C@H](N)C(=O)O)C(CCC(=O)O)C3C. The molecule has 0 fully saturated rings. The zero-order valence-electron chi connectivity index (χ0n) is 29.9. The van der Waals surface area contributed by atoms with Crippen molar-refractivity contribution in [2.45, 2.75) is 90.5 Å². The lowest BCUT2D eigenvalue weighted by Crippen LogP contribution is -2.30. The summed E-state index contributed by atoms with van der Waals surface area (Å²) in [7, 11) is 0. The normalized spacial score (nSPS) is 16.2. The van der Waals surface area contributed by atoms with E-state index in [0.29, 0.717) is 38.6 Å². The average Bonchev–Trinajstić information content (AvgIpc) is 3.75. The zero-order valence-corrected chi connectivity index (χ0v) is 29.9. The van der Waals surface area contributed by atoms with Gasteiger partial charge in [0.15, 0.2) is 0 Å². The molecule has 0 aliphatic carbocycles. The van der Waals surface area contributed by atoms with Gasteiger partial charge in [0, 0.05) is 75.8 Å². The number of fused-ring (bicyclic) bond motifs is 8. The van der Waals surface area contributed by atoms with Crippen LogP contribution < -0.4 is 11.1 Å². The van der Waals surface area contributed by atoms with E-state index in [9.17, 15) is 19.5 Å². The van der Waals surface area contributed by atoms with Gasteiger partial charge >= 0.3 is 11.9 Å². The van der Waals surface area contributed by atoms with Crippen molar-refractivity contribution in [2.24, 2.45) is 5.73 Å². The number of carbonyl (C=O) groups excluding carboxylic acids is 1. The monoisotopic (exact) mass is 692 g/mol. The Balaban J connectivity index is 1.63. The van der Waals surface area contributed by atoms with Gasteiger partial charge in [-0.25, -0.2) is 4.98 Å². The van der Waals surface area contributed by atoms with Gasteiger partial charge in [0.2, 0.25) is 5.91 Å². The van der Waals surface area contributed by atoms with Crippen LogP contribution in [0, 0.1) is 13.8 Å². The van der Waals surface area contributed by atoms with E-state index in [2.05, 4.69) is 48.4 Å². The van der Waals surface area contributed by atoms with E-state index in [1.807, 2.05) is 44.2 Å². The van der Waals surface area contributed by atoms with Gasteiger partial charge in [-0.05, 0) is 99.4 Å². The highest BCUT2D eigenvalue weighted by molar-refractivity contribution is 5.96. The largest absolute Gasteiger partial charge is 0.481 e. The van der Waals surface area contributed by atoms with Gasteiger partial charge in [-0.15, -0.1) is 0 Å². The standard InChI is InChI=1S/C40H48N6O5/c1-7-25-21(3)30-17-31-24(6)28(13-15-39(48)49)37(45-31)20-36-27(12-14-38(47)42-16-10-9-11-29(41)40(50)51)23(5)33(46-36)19-35-26(8-2)22(4)32(44-35)18-34(25)43-30/h7-8,17-20,24,28-29,44,46H,1-2,9-16,41H2,3-6H3,(H,42,47)(H,48,49)(H,50,51)/t24?,28?,29-/m0/s1. The van der Waals surface area contributed by atoms with Crippen LogP contribution in [-0.4, -0.2) is 60.6 Å². The predicted octanol–water partition coefficient (Wildman–Crippen LogP) is 7.07. The van der Waals surface area contributed by atoms with Crippen molar-refractivity contribution in [2.75, 3.05) is 6.54 Å². The molecule has 51 heavy (non-hydrogen) atoms. The predicted molar refractivity (Wildman–Crippen MR) is 202 cm³/mol. The molecule has 11 heteroatoms. The fraction of sp³-hybridized carbons (Fsp3) is 0.375. The Hall–Kier alpha value is -5.29. The van der Waals surface area contributed by atoms with Gasteiger partial charge < -0.3 is 31.2 Å². The molecule has 0 aromatic carbocycles. The first kappa shape index (κ1) is 37.0. The lowest BCUT2D eigenvalue weighted by molar-refractivity contribution is -0.139. The van der Waals surface area contributed by atoms with Gasteiger partial charge in [0.25, 0.3) is 0 Å². The third-order valence-electron chi connectivity index (χ3n) is 10.2. The molecule has 2 aliphatic rings. The number of allylic oxidation sites excluding steroid dienone is 3. The van der Waals surface area contributed by atoms with E-state index in [4.69, 9.17) is 20.8 Å². The summed E-state index contributed by atoms with van der Waals surface area (Å²) in [5.41, 5.74) is 18.2. The van der Waals surface area contributed by atoms with Gasteiger partial charge in [-0.2, -0.15) is 0 Å². The van der Waals surface area contributed by atoms with Crippen LogP contribution in [0.1, 0.15) is 109 Å². The number of aliphatic carboxylic acids is 2. The van der Waals surface area contributed by atoms with Crippen molar-refractivity contribution in [3.8, 4) is 0 Å². The number of carboxylic acids is 2. The smallest absolute Gasteiger partial charge is 0.320 e. The van der Waals surface area contributed by atoms with Crippen LogP contribution in [0.25, 0.3) is 39.3 Å². The van der Waals surface area contributed by atoms with Gasteiger partial charge in [0.1, 0.15) is 6.04 Å². The molecule has 0 saturated carbocycles. The number of carbonyl (C=O) groups is 3. The molecule has 3 aromatic rings. The quantitative estimate of drug-likeness (QED) is 0.0968. The van der Waals surface area contributed by atoms with Gasteiger partial charge in [0.05, 0.1) is 11.4 Å². The maximum absolute atomic E-state index is 13.0. The molecule has 268 valence electrons. The second-order valence-electron chi connectivity index (χ2n) is 13.5. The van der Waals surface area contributed by atoms with Crippen LogP contribution >= 0.6 is 0 Å². The Labute approximate surface area is 297 Å². The van der Waals surface area contributed by atoms with E-state index in [0.717, 1.165) is 78.2 Å². The van der Waals surface area contributed by atoms with Crippen molar-refractivity contribution >= 4 is 57.1 Å². The number of hydrogen-bond donors (Lipinski definition) is 6. The minimum absolute atomic E-state index is 0.0131. The highest BCUT2D eigenvalue weighted by atomic mass is 16.4. The maximum atomic E-state index is 13.0. The third-order valence-corrected chi connectivity index (χ3v) is 10.2. The second-order valence-corrected chi connectivity index (χ2v) is 13.5. The van der Waals surface area contributed by atoms with Crippen LogP contribution in [0.4, 0.5) is 0 Å². The van der Waals surface area contributed by atoms with Crippen molar-refractivity contribution in [3.05, 3.63) is 88.5 Å². The number of aromatic nitrogens is 4. The topological polar surface area (TPSA) is 187 Å². The molecule has 0 spiro atoms. The number of carboxylic acid groups (broad SMARTS) is 2. The van der Waals surface area contributed by atoms with E-state index in [-0.39, 0.29) is 30.6 Å². The Morgan fingerprint density at radius 1 is 0.902 bits per heavy atom. The molecule has 3 aromatic heterocycles. The minimum Gasteiger partial charge on any atom is -0.481 e. The molecule has 2 unspecified atom stereocenters. The van der Waals surface area contributed by atoms with E-state index in [1.54, 1.807) is 0 Å². The lowest BCUT2D eigenvalue weighted by Gasteiger charge is -2.14.